The van der Waals surface area contributed by atoms with Crippen LogP contribution >= 0.6 is 23.2 Å². The molecule has 0 atom stereocenters. The Hall–Kier alpha value is -2.19. The summed E-state index contributed by atoms with van der Waals surface area (Å²) in [5, 5.41) is 9.06. The molecule has 162 valence electrons. The molecule has 1 fully saturated rings. The number of sulfonamides is 1. The summed E-state index contributed by atoms with van der Waals surface area (Å²) in [6.45, 7) is 5.79. The van der Waals surface area contributed by atoms with Gasteiger partial charge in [0.05, 0.1) is 15.7 Å². The average Bonchev–Trinajstić information content (AvgIpc) is 2.76. The molecular formula is C22H22Cl2N4O2S. The van der Waals surface area contributed by atoms with Gasteiger partial charge in [0.25, 0.3) is 0 Å². The fraction of sp³-hybridized carbons (Fsp3) is 0.273. The molecule has 0 radical (unpaired) electrons. The molecule has 1 aliphatic rings. The molecule has 0 spiro atoms. The second-order valence-corrected chi connectivity index (χ2v) is 10.2. The van der Waals surface area contributed by atoms with Crippen LogP contribution in [0.4, 0.5) is 5.82 Å². The van der Waals surface area contributed by atoms with E-state index in [9.17, 15) is 8.42 Å². The Bertz CT molecular complexity index is 1210. The van der Waals surface area contributed by atoms with Crippen LogP contribution in [0.15, 0.2) is 53.4 Å². The van der Waals surface area contributed by atoms with Gasteiger partial charge in [0.15, 0.2) is 5.82 Å². The quantitative estimate of drug-likeness (QED) is 0.551. The van der Waals surface area contributed by atoms with Crippen LogP contribution in [0.3, 0.4) is 0 Å². The van der Waals surface area contributed by atoms with Crippen molar-refractivity contribution in [1.82, 2.24) is 14.5 Å². The summed E-state index contributed by atoms with van der Waals surface area (Å²) in [4.78, 5) is 2.07. The smallest absolute Gasteiger partial charge is 0.244 e. The van der Waals surface area contributed by atoms with E-state index in [0.29, 0.717) is 26.2 Å². The van der Waals surface area contributed by atoms with Gasteiger partial charge in [-0.05, 0) is 43.7 Å². The molecule has 0 bridgehead atoms. The van der Waals surface area contributed by atoms with Crippen molar-refractivity contribution in [2.24, 2.45) is 0 Å². The molecule has 0 aliphatic carbocycles. The predicted octanol–water partition coefficient (Wildman–Crippen LogP) is 4.58. The SMILES string of the molecule is Cc1ccc(-c2ccc(N3CCN(S(=O)(=O)c4cccc(Cl)c4Cl)CC3)nn2)c(C)c1. The number of aryl methyl sites for hydroxylation is 2. The monoisotopic (exact) mass is 476 g/mol. The molecule has 0 unspecified atom stereocenters. The lowest BCUT2D eigenvalue weighted by Crippen LogP contribution is -2.49. The van der Waals surface area contributed by atoms with Crippen LogP contribution in [-0.4, -0.2) is 49.1 Å². The van der Waals surface area contributed by atoms with Gasteiger partial charge in [0, 0.05) is 31.7 Å². The number of aromatic nitrogens is 2. The molecule has 0 saturated carbocycles. The molecule has 6 nitrogen and oxygen atoms in total. The number of piperazine rings is 1. The summed E-state index contributed by atoms with van der Waals surface area (Å²) < 4.78 is 27.4. The van der Waals surface area contributed by atoms with E-state index in [1.54, 1.807) is 12.1 Å². The third kappa shape index (κ3) is 4.41. The highest BCUT2D eigenvalue weighted by molar-refractivity contribution is 7.89. The van der Waals surface area contributed by atoms with E-state index in [1.807, 2.05) is 17.0 Å². The van der Waals surface area contributed by atoms with E-state index in [0.717, 1.165) is 22.6 Å². The van der Waals surface area contributed by atoms with Gasteiger partial charge in [-0.1, -0.05) is 53.0 Å². The van der Waals surface area contributed by atoms with Crippen LogP contribution < -0.4 is 4.90 Å². The van der Waals surface area contributed by atoms with Gasteiger partial charge in [-0.25, -0.2) is 8.42 Å². The summed E-state index contributed by atoms with van der Waals surface area (Å²) in [5.74, 6) is 0.728. The van der Waals surface area contributed by atoms with Gasteiger partial charge in [-0.15, -0.1) is 10.2 Å². The molecule has 0 N–H and O–H groups in total. The average molecular weight is 477 g/mol. The van der Waals surface area contributed by atoms with Gasteiger partial charge in [-0.3, -0.25) is 0 Å². The lowest BCUT2D eigenvalue weighted by molar-refractivity contribution is 0.383. The minimum absolute atomic E-state index is 0.0349. The largest absolute Gasteiger partial charge is 0.352 e. The van der Waals surface area contributed by atoms with Crippen molar-refractivity contribution in [3.05, 3.63) is 69.7 Å². The minimum atomic E-state index is -3.72. The second kappa shape index (κ2) is 8.74. The lowest BCUT2D eigenvalue weighted by Gasteiger charge is -2.34. The maximum Gasteiger partial charge on any atom is 0.244 e. The van der Waals surface area contributed by atoms with Crippen LogP contribution in [0.2, 0.25) is 10.0 Å². The number of halogens is 2. The third-order valence-electron chi connectivity index (χ3n) is 5.40. The number of rotatable bonds is 4. The number of hydrogen-bond donors (Lipinski definition) is 0. The Morgan fingerprint density at radius 1 is 0.903 bits per heavy atom. The van der Waals surface area contributed by atoms with Crippen molar-refractivity contribution in [2.45, 2.75) is 18.7 Å². The van der Waals surface area contributed by atoms with Crippen molar-refractivity contribution in [1.29, 1.82) is 0 Å². The van der Waals surface area contributed by atoms with E-state index in [4.69, 9.17) is 23.2 Å². The summed E-state index contributed by atoms with van der Waals surface area (Å²) in [7, 11) is -3.72. The molecular weight excluding hydrogens is 455 g/mol. The topological polar surface area (TPSA) is 66.4 Å². The molecule has 0 amide bonds. The van der Waals surface area contributed by atoms with E-state index in [1.165, 1.54) is 15.9 Å². The molecule has 2 aromatic carbocycles. The van der Waals surface area contributed by atoms with Crippen LogP contribution in [-0.2, 0) is 10.0 Å². The third-order valence-corrected chi connectivity index (χ3v) is 8.28. The van der Waals surface area contributed by atoms with Crippen molar-refractivity contribution >= 4 is 39.0 Å². The zero-order chi connectivity index (χ0) is 22.2. The summed E-state index contributed by atoms with van der Waals surface area (Å²) >= 11 is 12.1. The molecule has 2 heterocycles. The zero-order valence-corrected chi connectivity index (χ0v) is 19.5. The first-order valence-corrected chi connectivity index (χ1v) is 12.1. The summed E-state index contributed by atoms with van der Waals surface area (Å²) in [6.07, 6.45) is 0. The first-order valence-electron chi connectivity index (χ1n) is 9.88. The van der Waals surface area contributed by atoms with E-state index < -0.39 is 10.0 Å². The number of anilines is 1. The predicted molar refractivity (Wildman–Crippen MR) is 124 cm³/mol. The molecule has 4 rings (SSSR count). The highest BCUT2D eigenvalue weighted by Crippen LogP contribution is 2.31. The fourth-order valence-electron chi connectivity index (χ4n) is 3.72. The van der Waals surface area contributed by atoms with Crippen molar-refractivity contribution in [3.63, 3.8) is 0 Å². The minimum Gasteiger partial charge on any atom is -0.352 e. The Balaban J connectivity index is 1.47. The molecule has 1 aliphatic heterocycles. The molecule has 1 aromatic heterocycles. The molecule has 3 aromatic rings. The Morgan fingerprint density at radius 3 is 2.29 bits per heavy atom. The molecule has 1 saturated heterocycles. The Labute approximate surface area is 192 Å². The zero-order valence-electron chi connectivity index (χ0n) is 17.2. The van der Waals surface area contributed by atoms with Gasteiger partial charge < -0.3 is 4.90 Å². The van der Waals surface area contributed by atoms with Gasteiger partial charge in [0.1, 0.15) is 4.90 Å². The summed E-state index contributed by atoms with van der Waals surface area (Å²) in [6, 6.07) is 14.8. The van der Waals surface area contributed by atoms with Crippen LogP contribution in [0, 0.1) is 13.8 Å². The Morgan fingerprint density at radius 2 is 1.65 bits per heavy atom. The standard InChI is InChI=1S/C22H22Cl2N4O2S/c1-15-6-7-17(16(2)14-15)19-8-9-21(26-25-19)27-10-12-28(13-11-27)31(29,30)20-5-3-4-18(23)22(20)24/h3-9,14H,10-13H2,1-2H3. The lowest BCUT2D eigenvalue weighted by atomic mass is 10.0. The highest BCUT2D eigenvalue weighted by Gasteiger charge is 2.31. The maximum absolute atomic E-state index is 13.0. The van der Waals surface area contributed by atoms with Gasteiger partial charge in [-0.2, -0.15) is 4.31 Å². The number of hydrogen-bond acceptors (Lipinski definition) is 5. The van der Waals surface area contributed by atoms with Gasteiger partial charge >= 0.3 is 0 Å². The van der Waals surface area contributed by atoms with E-state index >= 15 is 0 Å². The first kappa shape index (κ1) is 22.0. The second-order valence-electron chi connectivity index (χ2n) is 7.54. The van der Waals surface area contributed by atoms with Crippen LogP contribution in [0.5, 0.6) is 0 Å². The number of nitrogens with zero attached hydrogens (tertiary/aromatic N) is 4. The molecule has 9 heteroatoms. The number of benzene rings is 2. The van der Waals surface area contributed by atoms with Crippen molar-refractivity contribution in [3.8, 4) is 11.3 Å². The first-order chi connectivity index (χ1) is 14.8. The van der Waals surface area contributed by atoms with E-state index in [-0.39, 0.29) is 14.9 Å². The van der Waals surface area contributed by atoms with Gasteiger partial charge in [0.2, 0.25) is 10.0 Å². The van der Waals surface area contributed by atoms with Crippen molar-refractivity contribution in [2.75, 3.05) is 31.1 Å². The highest BCUT2D eigenvalue weighted by atomic mass is 35.5. The summed E-state index contributed by atoms with van der Waals surface area (Å²) in [5.41, 5.74) is 4.23. The molecule has 31 heavy (non-hydrogen) atoms. The Kier molecular flexibility index (Phi) is 6.21. The van der Waals surface area contributed by atoms with E-state index in [2.05, 4.69) is 42.2 Å². The maximum atomic E-state index is 13.0. The van der Waals surface area contributed by atoms with Crippen LogP contribution in [0.25, 0.3) is 11.3 Å². The van der Waals surface area contributed by atoms with Crippen molar-refractivity contribution < 1.29 is 8.42 Å². The fourth-order valence-corrected chi connectivity index (χ4v) is 5.88. The van der Waals surface area contributed by atoms with Crippen LogP contribution in [0.1, 0.15) is 11.1 Å². The normalized spacial score (nSPS) is 15.3.